The maximum Gasteiger partial charge on any atom is 0.263 e. The second kappa shape index (κ2) is 6.50. The molecule has 23 heavy (non-hydrogen) atoms. The standard InChI is InChI=1S/C19H20N2OS/c1-13-8-9-20-16(10-13)11-14(2)21(3)19(22)18-12-15-6-4-5-7-17(15)23-18/h4-10,12,14H,11H2,1-3H3/t14-/m0/s1. The SMILES string of the molecule is Cc1ccnc(C[C@H](C)N(C)C(=O)c2cc3ccccc3s2)c1. The smallest absolute Gasteiger partial charge is 0.263 e. The van der Waals surface area contributed by atoms with E-state index >= 15 is 0 Å². The Bertz CT molecular complexity index is 807. The van der Waals surface area contributed by atoms with Crippen molar-refractivity contribution in [2.75, 3.05) is 7.05 Å². The first kappa shape index (κ1) is 15.7. The Morgan fingerprint density at radius 1 is 1.26 bits per heavy atom. The van der Waals surface area contributed by atoms with Crippen LogP contribution in [0.1, 0.15) is 27.9 Å². The van der Waals surface area contributed by atoms with Crippen molar-refractivity contribution < 1.29 is 4.79 Å². The maximum atomic E-state index is 12.7. The number of likely N-dealkylation sites (N-methyl/N-ethyl adjacent to an activating group) is 1. The van der Waals surface area contributed by atoms with Crippen molar-refractivity contribution in [1.29, 1.82) is 0 Å². The average molecular weight is 324 g/mol. The number of aromatic nitrogens is 1. The van der Waals surface area contributed by atoms with Crippen LogP contribution in [0.2, 0.25) is 0 Å². The third-order valence-electron chi connectivity index (χ3n) is 4.09. The molecule has 0 saturated carbocycles. The van der Waals surface area contributed by atoms with Gasteiger partial charge in [0.25, 0.3) is 5.91 Å². The molecule has 0 N–H and O–H groups in total. The fourth-order valence-corrected chi connectivity index (χ4v) is 3.66. The van der Waals surface area contributed by atoms with Crippen molar-refractivity contribution in [3.8, 4) is 0 Å². The molecule has 1 amide bonds. The summed E-state index contributed by atoms with van der Waals surface area (Å²) in [5.41, 5.74) is 2.22. The molecule has 4 heteroatoms. The van der Waals surface area contributed by atoms with Gasteiger partial charge >= 0.3 is 0 Å². The van der Waals surface area contributed by atoms with Gasteiger partial charge in [-0.1, -0.05) is 18.2 Å². The second-order valence-electron chi connectivity index (χ2n) is 5.94. The van der Waals surface area contributed by atoms with E-state index in [9.17, 15) is 4.79 Å². The Balaban J connectivity index is 1.75. The lowest BCUT2D eigenvalue weighted by Gasteiger charge is -2.24. The van der Waals surface area contributed by atoms with Crippen LogP contribution in [0, 0.1) is 6.92 Å². The summed E-state index contributed by atoms with van der Waals surface area (Å²) < 4.78 is 1.15. The van der Waals surface area contributed by atoms with Gasteiger partial charge in [-0.15, -0.1) is 11.3 Å². The molecular weight excluding hydrogens is 304 g/mol. The first-order valence-corrected chi connectivity index (χ1v) is 8.53. The van der Waals surface area contributed by atoms with Crippen molar-refractivity contribution in [2.45, 2.75) is 26.3 Å². The highest BCUT2D eigenvalue weighted by Crippen LogP contribution is 2.26. The number of fused-ring (bicyclic) bond motifs is 1. The summed E-state index contributed by atoms with van der Waals surface area (Å²) in [7, 11) is 1.87. The van der Waals surface area contributed by atoms with Crippen LogP contribution in [0.25, 0.3) is 10.1 Å². The number of rotatable bonds is 4. The molecule has 0 radical (unpaired) electrons. The van der Waals surface area contributed by atoms with Crippen LogP contribution >= 0.6 is 11.3 Å². The lowest BCUT2D eigenvalue weighted by atomic mass is 10.1. The first-order valence-electron chi connectivity index (χ1n) is 7.72. The van der Waals surface area contributed by atoms with Crippen molar-refractivity contribution in [1.82, 2.24) is 9.88 Å². The Morgan fingerprint density at radius 3 is 2.78 bits per heavy atom. The first-order chi connectivity index (χ1) is 11.0. The molecule has 0 spiro atoms. The van der Waals surface area contributed by atoms with E-state index in [4.69, 9.17) is 0 Å². The summed E-state index contributed by atoms with van der Waals surface area (Å²) in [5.74, 6) is 0.0753. The number of thiophene rings is 1. The number of carbonyl (C=O) groups is 1. The normalized spacial score (nSPS) is 12.3. The van der Waals surface area contributed by atoms with E-state index in [2.05, 4.69) is 31.0 Å². The number of carbonyl (C=O) groups excluding carboxylic acids is 1. The highest BCUT2D eigenvalue weighted by atomic mass is 32.1. The van der Waals surface area contributed by atoms with Gasteiger partial charge in [0.15, 0.2) is 0 Å². The van der Waals surface area contributed by atoms with Crippen LogP contribution in [0.3, 0.4) is 0 Å². The summed E-state index contributed by atoms with van der Waals surface area (Å²) in [6.45, 7) is 4.12. The summed E-state index contributed by atoms with van der Waals surface area (Å²) in [6, 6.07) is 14.2. The number of hydrogen-bond acceptors (Lipinski definition) is 3. The molecule has 0 bridgehead atoms. The molecule has 1 atom stereocenters. The molecule has 2 aromatic heterocycles. The zero-order valence-electron chi connectivity index (χ0n) is 13.6. The molecule has 0 fully saturated rings. The quantitative estimate of drug-likeness (QED) is 0.716. The lowest BCUT2D eigenvalue weighted by Crippen LogP contribution is -2.36. The van der Waals surface area contributed by atoms with Crippen LogP contribution < -0.4 is 0 Å². The van der Waals surface area contributed by atoms with Crippen LogP contribution in [-0.2, 0) is 6.42 Å². The lowest BCUT2D eigenvalue weighted by molar-refractivity contribution is 0.0748. The largest absolute Gasteiger partial charge is 0.338 e. The summed E-state index contributed by atoms with van der Waals surface area (Å²) in [6.07, 6.45) is 2.58. The van der Waals surface area contributed by atoms with Gasteiger partial charge in [-0.2, -0.15) is 0 Å². The molecule has 3 rings (SSSR count). The number of pyridine rings is 1. The fraction of sp³-hybridized carbons (Fsp3) is 0.263. The summed E-state index contributed by atoms with van der Waals surface area (Å²) in [5, 5.41) is 1.13. The van der Waals surface area contributed by atoms with Crippen molar-refractivity contribution >= 4 is 27.3 Å². The minimum absolute atomic E-state index is 0.0753. The third-order valence-corrected chi connectivity index (χ3v) is 5.20. The number of aryl methyl sites for hydroxylation is 1. The van der Waals surface area contributed by atoms with Gasteiger partial charge in [0, 0.05) is 36.1 Å². The predicted octanol–water partition coefficient (Wildman–Crippen LogP) is 4.31. The second-order valence-corrected chi connectivity index (χ2v) is 7.03. The van der Waals surface area contributed by atoms with E-state index < -0.39 is 0 Å². The molecule has 118 valence electrons. The van der Waals surface area contributed by atoms with E-state index in [1.165, 1.54) is 5.56 Å². The molecular formula is C19H20N2OS. The minimum atomic E-state index is 0.0753. The third kappa shape index (κ3) is 3.42. The molecule has 0 aliphatic carbocycles. The zero-order chi connectivity index (χ0) is 16.4. The summed E-state index contributed by atoms with van der Waals surface area (Å²) in [4.78, 5) is 19.7. The van der Waals surface area contributed by atoms with Gasteiger partial charge in [0.2, 0.25) is 0 Å². The van der Waals surface area contributed by atoms with Crippen molar-refractivity contribution in [2.24, 2.45) is 0 Å². The van der Waals surface area contributed by atoms with E-state index in [0.717, 1.165) is 27.1 Å². The minimum Gasteiger partial charge on any atom is -0.338 e. The average Bonchev–Trinajstić information content (AvgIpc) is 2.97. The highest BCUT2D eigenvalue weighted by Gasteiger charge is 2.20. The maximum absolute atomic E-state index is 12.7. The Hall–Kier alpha value is -2.20. The topological polar surface area (TPSA) is 33.2 Å². The summed E-state index contributed by atoms with van der Waals surface area (Å²) >= 11 is 1.55. The van der Waals surface area contributed by atoms with Gasteiger partial charge in [0.1, 0.15) is 0 Å². The van der Waals surface area contributed by atoms with Gasteiger partial charge in [-0.05, 0) is 49.1 Å². The van der Waals surface area contributed by atoms with Crippen molar-refractivity contribution in [3.05, 3.63) is 64.8 Å². The number of benzene rings is 1. The number of nitrogens with zero attached hydrogens (tertiary/aromatic N) is 2. The molecule has 0 unspecified atom stereocenters. The Kier molecular flexibility index (Phi) is 4.44. The van der Waals surface area contributed by atoms with E-state index in [1.807, 2.05) is 48.5 Å². The molecule has 0 saturated heterocycles. The number of amides is 1. The van der Waals surface area contributed by atoms with Gasteiger partial charge < -0.3 is 4.90 Å². The van der Waals surface area contributed by atoms with E-state index in [-0.39, 0.29) is 11.9 Å². The Morgan fingerprint density at radius 2 is 2.04 bits per heavy atom. The number of hydrogen-bond donors (Lipinski definition) is 0. The van der Waals surface area contributed by atoms with Gasteiger partial charge in [0.05, 0.1) is 4.88 Å². The Labute approximate surface area is 140 Å². The molecule has 2 heterocycles. The monoisotopic (exact) mass is 324 g/mol. The van der Waals surface area contributed by atoms with Crippen LogP contribution in [0.5, 0.6) is 0 Å². The molecule has 1 aromatic carbocycles. The molecule has 3 nitrogen and oxygen atoms in total. The molecule has 0 aliphatic heterocycles. The molecule has 3 aromatic rings. The predicted molar refractivity (Wildman–Crippen MR) is 96.1 cm³/mol. The van der Waals surface area contributed by atoms with Crippen LogP contribution in [-0.4, -0.2) is 28.9 Å². The fourth-order valence-electron chi connectivity index (χ4n) is 2.61. The van der Waals surface area contributed by atoms with E-state index in [0.29, 0.717) is 0 Å². The zero-order valence-corrected chi connectivity index (χ0v) is 14.4. The van der Waals surface area contributed by atoms with Crippen LogP contribution in [0.4, 0.5) is 0 Å². The van der Waals surface area contributed by atoms with Crippen molar-refractivity contribution in [3.63, 3.8) is 0 Å². The molecule has 0 aliphatic rings. The highest BCUT2D eigenvalue weighted by molar-refractivity contribution is 7.20. The van der Waals surface area contributed by atoms with Gasteiger partial charge in [-0.25, -0.2) is 0 Å². The van der Waals surface area contributed by atoms with Gasteiger partial charge in [-0.3, -0.25) is 9.78 Å². The van der Waals surface area contributed by atoms with E-state index in [1.54, 1.807) is 11.3 Å². The van der Waals surface area contributed by atoms with Crippen LogP contribution in [0.15, 0.2) is 48.7 Å².